The van der Waals surface area contributed by atoms with E-state index in [-0.39, 0.29) is 30.5 Å². The van der Waals surface area contributed by atoms with Gasteiger partial charge in [0.1, 0.15) is 0 Å². The molecule has 2 unspecified atom stereocenters. The van der Waals surface area contributed by atoms with Crippen LogP contribution in [0.15, 0.2) is 0 Å². The summed E-state index contributed by atoms with van der Waals surface area (Å²) >= 11 is 0. The molecule has 0 aromatic rings. The molecule has 0 aromatic carbocycles. The molecule has 1 amide bonds. The van der Waals surface area contributed by atoms with Gasteiger partial charge in [0.05, 0.1) is 17.7 Å². The fraction of sp³-hybridized carbons (Fsp3) is 0.917. The maximum atomic E-state index is 12.5. The molecule has 2 heterocycles. The van der Waals surface area contributed by atoms with Crippen molar-refractivity contribution in [3.8, 4) is 0 Å². The Morgan fingerprint density at radius 1 is 1.22 bits per heavy atom. The number of amides is 1. The first kappa shape index (κ1) is 15.7. The third-order valence-electron chi connectivity index (χ3n) is 3.52. The maximum Gasteiger partial charge on any atom is 0.243 e. The summed E-state index contributed by atoms with van der Waals surface area (Å²) in [4.78, 5) is 14.3. The van der Waals surface area contributed by atoms with Crippen LogP contribution in [-0.4, -0.2) is 54.9 Å². The van der Waals surface area contributed by atoms with Crippen molar-refractivity contribution >= 4 is 18.3 Å². The molecule has 2 saturated heterocycles. The van der Waals surface area contributed by atoms with Gasteiger partial charge in [-0.15, -0.1) is 12.4 Å². The second-order valence-electron chi connectivity index (χ2n) is 5.24. The minimum absolute atomic E-state index is 0. The van der Waals surface area contributed by atoms with Crippen LogP contribution in [0.2, 0.25) is 0 Å². The van der Waals surface area contributed by atoms with Crippen LogP contribution < -0.4 is 5.73 Å². The predicted molar refractivity (Wildman–Crippen MR) is 70.8 cm³/mol. The molecule has 0 radical (unpaired) electrons. The third-order valence-corrected chi connectivity index (χ3v) is 3.52. The molecular weight excluding hydrogens is 256 g/mol. The molecule has 106 valence electrons. The van der Waals surface area contributed by atoms with Crippen molar-refractivity contribution < 1.29 is 14.3 Å². The van der Waals surface area contributed by atoms with Crippen molar-refractivity contribution in [2.45, 2.75) is 44.4 Å². The number of nitrogens with zero attached hydrogens (tertiary/aromatic N) is 1. The van der Waals surface area contributed by atoms with Crippen molar-refractivity contribution in [1.29, 1.82) is 0 Å². The number of rotatable bonds is 1. The minimum atomic E-state index is -0.727. The summed E-state index contributed by atoms with van der Waals surface area (Å²) in [5.41, 5.74) is 5.49. The van der Waals surface area contributed by atoms with Crippen LogP contribution in [0.3, 0.4) is 0 Å². The lowest BCUT2D eigenvalue weighted by atomic mass is 9.89. The molecule has 2 N–H and O–H groups in total. The molecule has 0 saturated carbocycles. The van der Waals surface area contributed by atoms with Crippen LogP contribution in [0.4, 0.5) is 0 Å². The third kappa shape index (κ3) is 3.35. The highest BCUT2D eigenvalue weighted by atomic mass is 35.5. The van der Waals surface area contributed by atoms with Crippen molar-refractivity contribution in [3.63, 3.8) is 0 Å². The number of carbonyl (C=O) groups excluding carboxylic acids is 1. The topological polar surface area (TPSA) is 64.8 Å². The van der Waals surface area contributed by atoms with Crippen molar-refractivity contribution in [2.75, 3.05) is 26.3 Å². The zero-order valence-corrected chi connectivity index (χ0v) is 11.9. The van der Waals surface area contributed by atoms with Gasteiger partial charge in [-0.2, -0.15) is 0 Å². The largest absolute Gasteiger partial charge is 0.381 e. The number of nitrogens with two attached hydrogens (primary N) is 1. The van der Waals surface area contributed by atoms with Crippen LogP contribution >= 0.6 is 12.4 Å². The van der Waals surface area contributed by atoms with E-state index in [2.05, 4.69) is 0 Å². The number of carbonyl (C=O) groups is 1. The van der Waals surface area contributed by atoms with Crippen molar-refractivity contribution in [2.24, 2.45) is 5.73 Å². The summed E-state index contributed by atoms with van der Waals surface area (Å²) in [6.07, 6.45) is 1.41. The molecule has 6 heteroatoms. The summed E-state index contributed by atoms with van der Waals surface area (Å²) in [5.74, 6) is 0.0581. The van der Waals surface area contributed by atoms with Gasteiger partial charge in [-0.1, -0.05) is 0 Å². The van der Waals surface area contributed by atoms with Gasteiger partial charge in [0.15, 0.2) is 0 Å². The van der Waals surface area contributed by atoms with Crippen LogP contribution in [0.1, 0.15) is 26.7 Å². The van der Waals surface area contributed by atoms with E-state index in [1.807, 2.05) is 18.7 Å². The second-order valence-corrected chi connectivity index (χ2v) is 5.24. The number of hydrogen-bond acceptors (Lipinski definition) is 4. The number of ether oxygens (including phenoxy) is 2. The number of morpholine rings is 1. The average Bonchev–Trinajstić information content (AvgIpc) is 2.27. The Morgan fingerprint density at radius 2 is 1.72 bits per heavy atom. The van der Waals surface area contributed by atoms with E-state index in [9.17, 15) is 4.79 Å². The van der Waals surface area contributed by atoms with E-state index < -0.39 is 5.54 Å². The molecule has 2 aliphatic rings. The Kier molecular flexibility index (Phi) is 5.40. The van der Waals surface area contributed by atoms with Gasteiger partial charge in [0.25, 0.3) is 0 Å². The zero-order chi connectivity index (χ0) is 12.5. The smallest absolute Gasteiger partial charge is 0.243 e. The molecule has 5 nitrogen and oxygen atoms in total. The Bertz CT molecular complexity index is 285. The normalized spacial score (nSPS) is 31.6. The first-order valence-corrected chi connectivity index (χ1v) is 6.33. The Morgan fingerprint density at radius 3 is 2.22 bits per heavy atom. The zero-order valence-electron chi connectivity index (χ0n) is 11.1. The van der Waals surface area contributed by atoms with Crippen molar-refractivity contribution in [1.82, 2.24) is 4.90 Å². The van der Waals surface area contributed by atoms with Crippen LogP contribution in [0.5, 0.6) is 0 Å². The van der Waals surface area contributed by atoms with Gasteiger partial charge in [-0.25, -0.2) is 0 Å². The van der Waals surface area contributed by atoms with E-state index in [0.29, 0.717) is 39.1 Å². The maximum absolute atomic E-state index is 12.5. The van der Waals surface area contributed by atoms with Gasteiger partial charge < -0.3 is 20.1 Å². The SMILES string of the molecule is CC1CN(C(=O)C2(N)CCOCC2)CC(C)O1.Cl. The van der Waals surface area contributed by atoms with E-state index in [1.165, 1.54) is 0 Å². The molecule has 2 aliphatic heterocycles. The molecule has 0 bridgehead atoms. The number of hydrogen-bond donors (Lipinski definition) is 1. The highest BCUT2D eigenvalue weighted by Gasteiger charge is 2.40. The summed E-state index contributed by atoms with van der Waals surface area (Å²) < 4.78 is 10.9. The molecule has 18 heavy (non-hydrogen) atoms. The van der Waals surface area contributed by atoms with Gasteiger partial charge >= 0.3 is 0 Å². The van der Waals surface area contributed by atoms with E-state index in [1.54, 1.807) is 0 Å². The summed E-state index contributed by atoms with van der Waals surface area (Å²) in [6, 6.07) is 0. The van der Waals surface area contributed by atoms with E-state index >= 15 is 0 Å². The fourth-order valence-electron chi connectivity index (χ4n) is 2.61. The highest BCUT2D eigenvalue weighted by Crippen LogP contribution is 2.22. The van der Waals surface area contributed by atoms with Crippen LogP contribution in [0.25, 0.3) is 0 Å². The molecule has 2 fully saturated rings. The first-order valence-electron chi connectivity index (χ1n) is 6.33. The lowest BCUT2D eigenvalue weighted by Crippen LogP contribution is -2.61. The van der Waals surface area contributed by atoms with Gasteiger partial charge in [-0.05, 0) is 26.7 Å². The monoisotopic (exact) mass is 278 g/mol. The van der Waals surface area contributed by atoms with Crippen LogP contribution in [-0.2, 0) is 14.3 Å². The summed E-state index contributed by atoms with van der Waals surface area (Å²) in [6.45, 7) is 6.42. The quantitative estimate of drug-likeness (QED) is 0.761. The molecular formula is C12H23ClN2O3. The molecule has 2 atom stereocenters. The minimum Gasteiger partial charge on any atom is -0.381 e. The molecule has 0 spiro atoms. The summed E-state index contributed by atoms with van der Waals surface area (Å²) in [7, 11) is 0. The van der Waals surface area contributed by atoms with Gasteiger partial charge in [-0.3, -0.25) is 4.79 Å². The lowest BCUT2D eigenvalue weighted by Gasteiger charge is -2.41. The van der Waals surface area contributed by atoms with E-state index in [4.69, 9.17) is 15.2 Å². The standard InChI is InChI=1S/C12H22N2O3.ClH/c1-9-7-14(8-10(2)17-9)11(15)12(13)3-5-16-6-4-12;/h9-10H,3-8,13H2,1-2H3;1H. The fourth-order valence-corrected chi connectivity index (χ4v) is 2.61. The first-order chi connectivity index (χ1) is 8.01. The predicted octanol–water partition coefficient (Wildman–Crippen LogP) is 0.552. The highest BCUT2D eigenvalue weighted by molar-refractivity contribution is 5.86. The molecule has 0 aliphatic carbocycles. The van der Waals surface area contributed by atoms with E-state index in [0.717, 1.165) is 0 Å². The second kappa shape index (κ2) is 6.19. The van der Waals surface area contributed by atoms with Gasteiger partial charge in [0.2, 0.25) is 5.91 Å². The Hall–Kier alpha value is -0.360. The lowest BCUT2D eigenvalue weighted by molar-refractivity contribution is -0.152. The van der Waals surface area contributed by atoms with Crippen LogP contribution in [0, 0.1) is 0 Å². The Labute approximate surface area is 114 Å². The molecule has 0 aromatic heterocycles. The summed E-state index contributed by atoms with van der Waals surface area (Å²) in [5, 5.41) is 0. The number of halogens is 1. The van der Waals surface area contributed by atoms with Crippen molar-refractivity contribution in [3.05, 3.63) is 0 Å². The van der Waals surface area contributed by atoms with Gasteiger partial charge in [0, 0.05) is 26.3 Å². The molecule has 2 rings (SSSR count). The average molecular weight is 279 g/mol. The Balaban J connectivity index is 0.00000162.